The van der Waals surface area contributed by atoms with Crippen molar-refractivity contribution in [2.75, 3.05) is 13.2 Å². The zero-order valence-corrected chi connectivity index (χ0v) is 9.44. The summed E-state index contributed by atoms with van der Waals surface area (Å²) in [5, 5.41) is 11.7. The summed E-state index contributed by atoms with van der Waals surface area (Å²) in [6.07, 6.45) is 0.843. The van der Waals surface area contributed by atoms with Gasteiger partial charge in [0.2, 0.25) is 5.91 Å². The quantitative estimate of drug-likeness (QED) is 0.796. The number of amides is 1. The van der Waals surface area contributed by atoms with Crippen LogP contribution in [0.25, 0.3) is 0 Å². The summed E-state index contributed by atoms with van der Waals surface area (Å²) in [6.45, 7) is 2.57. The molecule has 3 heteroatoms. The van der Waals surface area contributed by atoms with Gasteiger partial charge in [-0.2, -0.15) is 0 Å². The van der Waals surface area contributed by atoms with Crippen LogP contribution in [0, 0.1) is 5.92 Å². The van der Waals surface area contributed by atoms with Crippen molar-refractivity contribution in [1.82, 2.24) is 5.32 Å². The van der Waals surface area contributed by atoms with Crippen LogP contribution in [-0.2, 0) is 11.2 Å². The molecular weight excluding hydrogens is 202 g/mol. The number of rotatable bonds is 4. The molecule has 2 atom stereocenters. The molecule has 1 aliphatic rings. The molecule has 0 heterocycles. The lowest BCUT2D eigenvalue weighted by Crippen LogP contribution is -2.38. The molecule has 2 N–H and O–H groups in total. The van der Waals surface area contributed by atoms with E-state index in [1.54, 1.807) is 0 Å². The summed E-state index contributed by atoms with van der Waals surface area (Å²) in [6, 6.07) is 8.05. The van der Waals surface area contributed by atoms with Gasteiger partial charge in [0.05, 0.1) is 5.92 Å². The second kappa shape index (κ2) is 4.66. The first-order valence-electron chi connectivity index (χ1n) is 5.68. The van der Waals surface area contributed by atoms with E-state index in [0.29, 0.717) is 6.54 Å². The highest BCUT2D eigenvalue weighted by Crippen LogP contribution is 2.34. The fraction of sp³-hybridized carbons (Fsp3) is 0.462. The van der Waals surface area contributed by atoms with Crippen LogP contribution >= 0.6 is 0 Å². The van der Waals surface area contributed by atoms with Crippen LogP contribution in [-0.4, -0.2) is 24.2 Å². The number of benzene rings is 1. The van der Waals surface area contributed by atoms with Crippen molar-refractivity contribution in [1.29, 1.82) is 0 Å². The van der Waals surface area contributed by atoms with Crippen molar-refractivity contribution in [3.63, 3.8) is 0 Å². The summed E-state index contributed by atoms with van der Waals surface area (Å²) in [5.74, 6) is 0.223. The Hall–Kier alpha value is -1.35. The number of hydrogen-bond donors (Lipinski definition) is 2. The van der Waals surface area contributed by atoms with Gasteiger partial charge in [0, 0.05) is 13.2 Å². The minimum absolute atomic E-state index is 0.0158. The largest absolute Gasteiger partial charge is 0.396 e. The van der Waals surface area contributed by atoms with E-state index in [1.165, 1.54) is 5.56 Å². The number of aliphatic hydroxyl groups excluding tert-OH is 1. The van der Waals surface area contributed by atoms with Crippen LogP contribution in [0.5, 0.6) is 0 Å². The molecule has 0 spiro atoms. The molecule has 0 saturated heterocycles. The third-order valence-corrected chi connectivity index (χ3v) is 3.11. The minimum Gasteiger partial charge on any atom is -0.396 e. The first-order valence-corrected chi connectivity index (χ1v) is 5.68. The zero-order valence-electron chi connectivity index (χ0n) is 9.44. The highest BCUT2D eigenvalue weighted by Gasteiger charge is 2.31. The van der Waals surface area contributed by atoms with Gasteiger partial charge in [-0.25, -0.2) is 0 Å². The summed E-state index contributed by atoms with van der Waals surface area (Å²) in [5.41, 5.74) is 2.43. The molecule has 3 nitrogen and oxygen atoms in total. The predicted octanol–water partition coefficient (Wildman–Crippen LogP) is 1.07. The molecule has 0 bridgehead atoms. The lowest BCUT2D eigenvalue weighted by molar-refractivity contribution is -0.123. The zero-order chi connectivity index (χ0) is 11.5. The normalized spacial score (nSPS) is 19.5. The molecule has 0 radical (unpaired) electrons. The Kier molecular flexibility index (Phi) is 3.25. The topological polar surface area (TPSA) is 49.3 Å². The van der Waals surface area contributed by atoms with Crippen molar-refractivity contribution < 1.29 is 9.90 Å². The molecule has 86 valence electrons. The van der Waals surface area contributed by atoms with Crippen LogP contribution in [0.4, 0.5) is 0 Å². The number of carbonyl (C=O) groups excluding carboxylic acids is 1. The number of aliphatic hydroxyl groups is 1. The lowest BCUT2D eigenvalue weighted by atomic mass is 9.77. The van der Waals surface area contributed by atoms with Crippen LogP contribution in [0.2, 0.25) is 0 Å². The van der Waals surface area contributed by atoms with Gasteiger partial charge in [-0.15, -0.1) is 0 Å². The average molecular weight is 219 g/mol. The number of carbonyl (C=O) groups is 1. The number of nitrogens with one attached hydrogen (secondary N) is 1. The van der Waals surface area contributed by atoms with E-state index in [2.05, 4.69) is 11.4 Å². The fourth-order valence-corrected chi connectivity index (χ4v) is 1.96. The average Bonchev–Trinajstić information content (AvgIpc) is 2.27. The predicted molar refractivity (Wildman–Crippen MR) is 62.1 cm³/mol. The molecule has 1 aliphatic carbocycles. The molecule has 16 heavy (non-hydrogen) atoms. The molecule has 1 aromatic carbocycles. The van der Waals surface area contributed by atoms with Crippen LogP contribution in [0.1, 0.15) is 24.0 Å². The van der Waals surface area contributed by atoms with Crippen LogP contribution < -0.4 is 5.32 Å². The van der Waals surface area contributed by atoms with E-state index >= 15 is 0 Å². The third kappa shape index (κ3) is 2.09. The first-order chi connectivity index (χ1) is 7.72. The molecule has 2 unspecified atom stereocenters. The summed E-state index contributed by atoms with van der Waals surface area (Å²) < 4.78 is 0. The second-order valence-electron chi connectivity index (χ2n) is 4.49. The maximum absolute atomic E-state index is 11.8. The monoisotopic (exact) mass is 219 g/mol. The highest BCUT2D eigenvalue weighted by molar-refractivity contribution is 5.86. The van der Waals surface area contributed by atoms with E-state index in [4.69, 9.17) is 5.11 Å². The molecule has 1 aromatic rings. The fourth-order valence-electron chi connectivity index (χ4n) is 1.96. The number of hydrogen-bond acceptors (Lipinski definition) is 2. The van der Waals surface area contributed by atoms with Crippen molar-refractivity contribution in [3.05, 3.63) is 35.4 Å². The Labute approximate surface area is 95.5 Å². The molecule has 0 fully saturated rings. The Balaban J connectivity index is 1.90. The Morgan fingerprint density at radius 2 is 2.31 bits per heavy atom. The molecular formula is C13H17NO2. The van der Waals surface area contributed by atoms with E-state index in [1.807, 2.05) is 25.1 Å². The SMILES string of the molecule is CC(CO)CNC(=O)C1Cc2ccccc21. The maximum Gasteiger partial charge on any atom is 0.227 e. The second-order valence-corrected chi connectivity index (χ2v) is 4.49. The van der Waals surface area contributed by atoms with Gasteiger partial charge in [-0.3, -0.25) is 4.79 Å². The van der Waals surface area contributed by atoms with Crippen molar-refractivity contribution >= 4 is 5.91 Å². The summed E-state index contributed by atoms with van der Waals surface area (Å²) in [7, 11) is 0. The van der Waals surface area contributed by atoms with Crippen molar-refractivity contribution in [2.45, 2.75) is 19.3 Å². The van der Waals surface area contributed by atoms with Gasteiger partial charge >= 0.3 is 0 Å². The summed E-state index contributed by atoms with van der Waals surface area (Å²) >= 11 is 0. The Bertz CT molecular complexity index is 389. The third-order valence-electron chi connectivity index (χ3n) is 3.11. The van der Waals surface area contributed by atoms with Gasteiger partial charge in [0.25, 0.3) is 0 Å². The molecule has 0 aliphatic heterocycles. The number of fused-ring (bicyclic) bond motifs is 1. The minimum atomic E-state index is 0.0158. The molecule has 2 rings (SSSR count). The van der Waals surface area contributed by atoms with Gasteiger partial charge in [-0.1, -0.05) is 31.2 Å². The van der Waals surface area contributed by atoms with Crippen LogP contribution in [0.3, 0.4) is 0 Å². The van der Waals surface area contributed by atoms with Crippen LogP contribution in [0.15, 0.2) is 24.3 Å². The maximum atomic E-state index is 11.8. The Morgan fingerprint density at radius 1 is 1.56 bits per heavy atom. The van der Waals surface area contributed by atoms with Crippen molar-refractivity contribution in [2.24, 2.45) is 5.92 Å². The molecule has 0 aromatic heterocycles. The van der Waals surface area contributed by atoms with E-state index in [0.717, 1.165) is 12.0 Å². The smallest absolute Gasteiger partial charge is 0.227 e. The van der Waals surface area contributed by atoms with E-state index < -0.39 is 0 Å². The van der Waals surface area contributed by atoms with Gasteiger partial charge in [0.1, 0.15) is 0 Å². The van der Waals surface area contributed by atoms with Gasteiger partial charge in [0.15, 0.2) is 0 Å². The van der Waals surface area contributed by atoms with Gasteiger partial charge < -0.3 is 10.4 Å². The standard InChI is InChI=1S/C13H17NO2/c1-9(8-15)7-14-13(16)12-6-10-4-2-3-5-11(10)12/h2-5,9,12,15H,6-8H2,1H3,(H,14,16). The van der Waals surface area contributed by atoms with E-state index in [-0.39, 0.29) is 24.3 Å². The van der Waals surface area contributed by atoms with E-state index in [9.17, 15) is 4.79 Å². The van der Waals surface area contributed by atoms with Crippen molar-refractivity contribution in [3.8, 4) is 0 Å². The summed E-state index contributed by atoms with van der Waals surface area (Å²) in [4.78, 5) is 11.8. The molecule has 1 amide bonds. The highest BCUT2D eigenvalue weighted by atomic mass is 16.3. The Morgan fingerprint density at radius 3 is 3.00 bits per heavy atom. The van der Waals surface area contributed by atoms with Gasteiger partial charge in [-0.05, 0) is 23.5 Å². The first kappa shape index (κ1) is 11.1. The lowest BCUT2D eigenvalue weighted by Gasteiger charge is -2.29. The molecule has 0 saturated carbocycles.